The summed E-state index contributed by atoms with van der Waals surface area (Å²) in [6, 6.07) is 21.3. The first kappa shape index (κ1) is 25.2. The molecule has 8 nitrogen and oxygen atoms in total. The molecule has 8 heteroatoms. The molecule has 0 aliphatic carbocycles. The van der Waals surface area contributed by atoms with Crippen LogP contribution in [0.2, 0.25) is 0 Å². The van der Waals surface area contributed by atoms with Gasteiger partial charge in [-0.15, -0.1) is 0 Å². The van der Waals surface area contributed by atoms with Gasteiger partial charge in [0.25, 0.3) is 5.91 Å². The van der Waals surface area contributed by atoms with E-state index in [1.54, 1.807) is 18.2 Å². The fourth-order valence-electron chi connectivity index (χ4n) is 3.78. The van der Waals surface area contributed by atoms with Gasteiger partial charge in [-0.2, -0.15) is 5.10 Å². The number of esters is 1. The van der Waals surface area contributed by atoms with E-state index in [0.29, 0.717) is 34.1 Å². The van der Waals surface area contributed by atoms with Crippen LogP contribution in [0.1, 0.15) is 31.8 Å². The minimum absolute atomic E-state index is 0.260. The molecule has 0 saturated heterocycles. The van der Waals surface area contributed by atoms with E-state index in [0.717, 1.165) is 16.3 Å². The van der Waals surface area contributed by atoms with Crippen LogP contribution in [0.25, 0.3) is 10.8 Å². The summed E-state index contributed by atoms with van der Waals surface area (Å²) >= 11 is 0. The van der Waals surface area contributed by atoms with E-state index in [2.05, 4.69) is 10.5 Å². The number of nitrogens with one attached hydrogen (secondary N) is 1. The van der Waals surface area contributed by atoms with E-state index in [4.69, 9.17) is 18.9 Å². The second-order valence-electron chi connectivity index (χ2n) is 8.07. The lowest BCUT2D eigenvalue weighted by Gasteiger charge is -2.13. The van der Waals surface area contributed by atoms with Gasteiger partial charge < -0.3 is 18.9 Å². The maximum absolute atomic E-state index is 12.8. The molecule has 4 rings (SSSR count). The molecular formula is C29H26N2O6. The third kappa shape index (κ3) is 5.54. The monoisotopic (exact) mass is 498 g/mol. The van der Waals surface area contributed by atoms with E-state index < -0.39 is 11.9 Å². The molecule has 4 aromatic rings. The molecule has 0 aliphatic heterocycles. The van der Waals surface area contributed by atoms with Crippen molar-refractivity contribution in [3.63, 3.8) is 0 Å². The second-order valence-corrected chi connectivity index (χ2v) is 8.07. The maximum atomic E-state index is 12.8. The molecule has 0 spiro atoms. The topological polar surface area (TPSA) is 95.5 Å². The van der Waals surface area contributed by atoms with Crippen LogP contribution in [0.15, 0.2) is 77.9 Å². The lowest BCUT2D eigenvalue weighted by Crippen LogP contribution is -2.18. The number of carbonyl (C=O) groups excluding carboxylic acids is 2. The largest absolute Gasteiger partial charge is 0.493 e. The van der Waals surface area contributed by atoms with E-state index >= 15 is 0 Å². The Labute approximate surface area is 214 Å². The summed E-state index contributed by atoms with van der Waals surface area (Å²) < 4.78 is 21.7. The highest BCUT2D eigenvalue weighted by molar-refractivity contribution is 6.04. The minimum Gasteiger partial charge on any atom is -0.493 e. The third-order valence-corrected chi connectivity index (χ3v) is 5.71. The Morgan fingerprint density at radius 1 is 0.784 bits per heavy atom. The molecule has 0 unspecified atom stereocenters. The van der Waals surface area contributed by atoms with Gasteiger partial charge in [-0.1, -0.05) is 48.0 Å². The van der Waals surface area contributed by atoms with Gasteiger partial charge in [-0.3, -0.25) is 4.79 Å². The van der Waals surface area contributed by atoms with Crippen molar-refractivity contribution in [1.29, 1.82) is 0 Å². The average Bonchev–Trinajstić information content (AvgIpc) is 2.93. The number of hydrazone groups is 1. The lowest BCUT2D eigenvalue weighted by molar-refractivity contribution is 0.0734. The molecule has 0 radical (unpaired) electrons. The number of methoxy groups -OCH3 is 3. The Morgan fingerprint density at radius 3 is 2.11 bits per heavy atom. The first-order chi connectivity index (χ1) is 17.9. The van der Waals surface area contributed by atoms with E-state index in [-0.39, 0.29) is 5.56 Å². The summed E-state index contributed by atoms with van der Waals surface area (Å²) in [5, 5.41) is 5.88. The molecule has 0 saturated carbocycles. The number of fused-ring (bicyclic) bond motifs is 1. The number of carbonyl (C=O) groups is 2. The van der Waals surface area contributed by atoms with Crippen molar-refractivity contribution in [2.45, 2.75) is 6.92 Å². The molecule has 4 aromatic carbocycles. The SMILES string of the molecule is COc1cc(C(=O)NN=Cc2c(OC(=O)c3ccc(C)cc3)ccc3ccccc23)cc(OC)c1OC. The van der Waals surface area contributed by atoms with Gasteiger partial charge >= 0.3 is 5.97 Å². The zero-order valence-electron chi connectivity index (χ0n) is 20.9. The zero-order valence-corrected chi connectivity index (χ0v) is 20.9. The Kier molecular flexibility index (Phi) is 7.68. The summed E-state index contributed by atoms with van der Waals surface area (Å²) in [5.74, 6) is 0.391. The fraction of sp³-hybridized carbons (Fsp3) is 0.138. The van der Waals surface area contributed by atoms with Gasteiger partial charge in [0.15, 0.2) is 11.5 Å². The normalized spacial score (nSPS) is 10.8. The smallest absolute Gasteiger partial charge is 0.343 e. The zero-order chi connectivity index (χ0) is 26.4. The number of benzene rings is 4. The minimum atomic E-state index is -0.494. The highest BCUT2D eigenvalue weighted by Gasteiger charge is 2.17. The summed E-state index contributed by atoms with van der Waals surface area (Å²) in [4.78, 5) is 25.6. The van der Waals surface area contributed by atoms with Crippen molar-refractivity contribution in [3.05, 3.63) is 95.1 Å². The van der Waals surface area contributed by atoms with Crippen molar-refractivity contribution in [3.8, 4) is 23.0 Å². The Balaban J connectivity index is 1.62. The van der Waals surface area contributed by atoms with Crippen LogP contribution in [0.4, 0.5) is 0 Å². The summed E-state index contributed by atoms with van der Waals surface area (Å²) in [6.45, 7) is 1.94. The molecule has 1 amide bonds. The number of ether oxygens (including phenoxy) is 4. The summed E-state index contributed by atoms with van der Waals surface area (Å²) in [6.07, 6.45) is 1.45. The third-order valence-electron chi connectivity index (χ3n) is 5.71. The van der Waals surface area contributed by atoms with Gasteiger partial charge in [0.2, 0.25) is 5.75 Å². The van der Waals surface area contributed by atoms with Crippen molar-refractivity contribution in [1.82, 2.24) is 5.43 Å². The highest BCUT2D eigenvalue weighted by Crippen LogP contribution is 2.38. The Bertz CT molecular complexity index is 1450. The molecule has 0 aliphatic rings. The molecule has 1 N–H and O–H groups in total. The predicted molar refractivity (Wildman–Crippen MR) is 141 cm³/mol. The Hall–Kier alpha value is -4.85. The first-order valence-electron chi connectivity index (χ1n) is 11.4. The van der Waals surface area contributed by atoms with Gasteiger partial charge in [-0.25, -0.2) is 10.2 Å². The summed E-state index contributed by atoms with van der Waals surface area (Å²) in [7, 11) is 4.42. The number of aryl methyl sites for hydroxylation is 1. The Morgan fingerprint density at radius 2 is 1.46 bits per heavy atom. The molecule has 0 aromatic heterocycles. The van der Waals surface area contributed by atoms with Gasteiger partial charge in [-0.05, 0) is 48.0 Å². The quantitative estimate of drug-likeness (QED) is 0.156. The van der Waals surface area contributed by atoms with Crippen LogP contribution in [-0.4, -0.2) is 39.4 Å². The maximum Gasteiger partial charge on any atom is 0.343 e. The first-order valence-corrected chi connectivity index (χ1v) is 11.4. The highest BCUT2D eigenvalue weighted by atomic mass is 16.5. The molecule has 188 valence electrons. The van der Waals surface area contributed by atoms with Gasteiger partial charge in [0, 0.05) is 11.1 Å². The van der Waals surface area contributed by atoms with Crippen molar-refractivity contribution >= 4 is 28.9 Å². The number of nitrogens with zero attached hydrogens (tertiary/aromatic N) is 1. The molecule has 0 bridgehead atoms. The van der Waals surface area contributed by atoms with E-state index in [1.807, 2.05) is 49.4 Å². The molecule has 0 fully saturated rings. The van der Waals surface area contributed by atoms with Crippen molar-refractivity contribution < 1.29 is 28.5 Å². The number of hydrogen-bond donors (Lipinski definition) is 1. The number of hydrogen-bond acceptors (Lipinski definition) is 7. The van der Waals surface area contributed by atoms with E-state index in [9.17, 15) is 9.59 Å². The number of amides is 1. The van der Waals surface area contributed by atoms with Crippen LogP contribution in [0.5, 0.6) is 23.0 Å². The fourth-order valence-corrected chi connectivity index (χ4v) is 3.78. The predicted octanol–water partition coefficient (Wildman–Crippen LogP) is 5.16. The summed E-state index contributed by atoms with van der Waals surface area (Å²) in [5.41, 5.74) is 4.78. The molecular weight excluding hydrogens is 472 g/mol. The number of rotatable bonds is 8. The van der Waals surface area contributed by atoms with Gasteiger partial charge in [0.1, 0.15) is 5.75 Å². The average molecular weight is 499 g/mol. The molecule has 37 heavy (non-hydrogen) atoms. The van der Waals surface area contributed by atoms with Gasteiger partial charge in [0.05, 0.1) is 33.1 Å². The van der Waals surface area contributed by atoms with E-state index in [1.165, 1.54) is 39.7 Å². The van der Waals surface area contributed by atoms with Crippen LogP contribution >= 0.6 is 0 Å². The van der Waals surface area contributed by atoms with Crippen LogP contribution < -0.4 is 24.4 Å². The standard InChI is InChI=1S/C29H26N2O6/c1-18-9-11-20(12-10-18)29(33)37-24-14-13-19-7-5-6-8-22(19)23(24)17-30-31-28(32)21-15-25(34-2)27(36-4)26(16-21)35-3/h5-17H,1-4H3,(H,31,32). The van der Waals surface area contributed by atoms with Crippen molar-refractivity contribution in [2.75, 3.05) is 21.3 Å². The molecule has 0 heterocycles. The van der Waals surface area contributed by atoms with Crippen LogP contribution in [-0.2, 0) is 0 Å². The molecule has 0 atom stereocenters. The van der Waals surface area contributed by atoms with Crippen molar-refractivity contribution in [2.24, 2.45) is 5.10 Å². The lowest BCUT2D eigenvalue weighted by atomic mass is 10.0. The van der Waals surface area contributed by atoms with Crippen LogP contribution in [0.3, 0.4) is 0 Å². The second kappa shape index (κ2) is 11.3. The van der Waals surface area contributed by atoms with Crippen LogP contribution in [0, 0.1) is 6.92 Å².